The molecular formula is C15H26OS. The summed E-state index contributed by atoms with van der Waals surface area (Å²) in [6.45, 7) is 4.62. The molecule has 1 aliphatic heterocycles. The summed E-state index contributed by atoms with van der Waals surface area (Å²) in [6, 6.07) is 0. The Morgan fingerprint density at radius 2 is 2.00 bits per heavy atom. The van der Waals surface area contributed by atoms with Gasteiger partial charge in [-0.05, 0) is 61.0 Å². The Morgan fingerprint density at radius 1 is 1.18 bits per heavy atom. The summed E-state index contributed by atoms with van der Waals surface area (Å²) in [4.78, 5) is 0. The predicted octanol–water partition coefficient (Wildman–Crippen LogP) is 3.71. The minimum absolute atomic E-state index is 0.329. The van der Waals surface area contributed by atoms with Gasteiger partial charge in [-0.15, -0.1) is 0 Å². The molecule has 0 spiro atoms. The van der Waals surface area contributed by atoms with Crippen LogP contribution in [0, 0.1) is 23.2 Å². The van der Waals surface area contributed by atoms with E-state index in [2.05, 4.69) is 13.8 Å². The molecule has 0 aromatic heterocycles. The van der Waals surface area contributed by atoms with Crippen molar-refractivity contribution in [2.75, 3.05) is 11.5 Å². The monoisotopic (exact) mass is 254 g/mol. The average molecular weight is 254 g/mol. The van der Waals surface area contributed by atoms with Crippen LogP contribution in [0.2, 0.25) is 0 Å². The number of rotatable bonds is 2. The van der Waals surface area contributed by atoms with Gasteiger partial charge in [0.25, 0.3) is 0 Å². The van der Waals surface area contributed by atoms with Crippen molar-refractivity contribution >= 4 is 11.8 Å². The highest BCUT2D eigenvalue weighted by molar-refractivity contribution is 7.99. The van der Waals surface area contributed by atoms with E-state index >= 15 is 0 Å². The maximum absolute atomic E-state index is 10.9. The lowest BCUT2D eigenvalue weighted by molar-refractivity contribution is -0.00891. The second-order valence-electron chi connectivity index (χ2n) is 7.70. The molecule has 0 aromatic rings. The molecule has 17 heavy (non-hydrogen) atoms. The number of hydrogen-bond donors (Lipinski definition) is 1. The standard InChI is InChI=1S/C15H26OS/c1-14(2)8-15(16,10-17-9-14)7-13-6-11-3-4-12(13)5-11/h11-13,16H,3-10H2,1-2H3. The van der Waals surface area contributed by atoms with Crippen molar-refractivity contribution in [3.63, 3.8) is 0 Å². The van der Waals surface area contributed by atoms with Crippen molar-refractivity contribution in [2.45, 2.75) is 58.0 Å². The second-order valence-corrected chi connectivity index (χ2v) is 8.68. The molecule has 1 nitrogen and oxygen atoms in total. The molecule has 0 aromatic carbocycles. The van der Waals surface area contributed by atoms with Crippen LogP contribution in [-0.2, 0) is 0 Å². The molecule has 4 unspecified atom stereocenters. The quantitative estimate of drug-likeness (QED) is 0.810. The Kier molecular flexibility index (Phi) is 3.02. The molecule has 1 N–H and O–H groups in total. The van der Waals surface area contributed by atoms with Crippen LogP contribution in [0.3, 0.4) is 0 Å². The normalized spacial score (nSPS) is 48.5. The maximum atomic E-state index is 10.9. The van der Waals surface area contributed by atoms with E-state index in [1.165, 1.54) is 31.4 Å². The van der Waals surface area contributed by atoms with Gasteiger partial charge in [0.1, 0.15) is 0 Å². The first kappa shape index (κ1) is 12.3. The van der Waals surface area contributed by atoms with E-state index in [9.17, 15) is 5.11 Å². The topological polar surface area (TPSA) is 20.2 Å². The summed E-state index contributed by atoms with van der Waals surface area (Å²) in [5.41, 5.74) is -0.0309. The van der Waals surface area contributed by atoms with Gasteiger partial charge in [-0.1, -0.05) is 20.3 Å². The molecule has 2 heteroatoms. The highest BCUT2D eigenvalue weighted by atomic mass is 32.2. The van der Waals surface area contributed by atoms with E-state index in [1.807, 2.05) is 11.8 Å². The van der Waals surface area contributed by atoms with Crippen LogP contribution in [-0.4, -0.2) is 22.2 Å². The maximum Gasteiger partial charge on any atom is 0.0745 e. The molecule has 3 rings (SSSR count). The van der Waals surface area contributed by atoms with E-state index in [0.29, 0.717) is 5.41 Å². The molecule has 1 saturated heterocycles. The molecule has 3 aliphatic rings. The Bertz CT molecular complexity index is 301. The SMILES string of the molecule is CC1(C)CSCC(O)(CC2CC3CCC2C3)C1. The summed E-state index contributed by atoms with van der Waals surface area (Å²) < 4.78 is 0. The van der Waals surface area contributed by atoms with E-state index in [0.717, 1.165) is 36.3 Å². The van der Waals surface area contributed by atoms with Crippen LogP contribution >= 0.6 is 11.8 Å². The summed E-state index contributed by atoms with van der Waals surface area (Å²) in [7, 11) is 0. The van der Waals surface area contributed by atoms with Crippen molar-refractivity contribution in [3.05, 3.63) is 0 Å². The van der Waals surface area contributed by atoms with Crippen LogP contribution in [0.25, 0.3) is 0 Å². The van der Waals surface area contributed by atoms with Gasteiger partial charge in [-0.3, -0.25) is 0 Å². The Labute approximate surface area is 110 Å². The zero-order chi connectivity index (χ0) is 12.1. The van der Waals surface area contributed by atoms with Gasteiger partial charge in [0.15, 0.2) is 0 Å². The molecule has 2 bridgehead atoms. The van der Waals surface area contributed by atoms with E-state index < -0.39 is 0 Å². The molecule has 4 atom stereocenters. The van der Waals surface area contributed by atoms with Crippen molar-refractivity contribution < 1.29 is 5.11 Å². The third-order valence-corrected chi connectivity index (χ3v) is 6.92. The fourth-order valence-corrected chi connectivity index (χ4v) is 6.11. The fourth-order valence-electron chi connectivity index (χ4n) is 4.76. The first-order valence-corrected chi connectivity index (χ1v) is 8.41. The largest absolute Gasteiger partial charge is 0.389 e. The fraction of sp³-hybridized carbons (Fsp3) is 1.00. The van der Waals surface area contributed by atoms with E-state index in [-0.39, 0.29) is 5.60 Å². The van der Waals surface area contributed by atoms with Gasteiger partial charge >= 0.3 is 0 Å². The van der Waals surface area contributed by atoms with Crippen LogP contribution in [0.4, 0.5) is 0 Å². The van der Waals surface area contributed by atoms with E-state index in [1.54, 1.807) is 0 Å². The Balaban J connectivity index is 1.64. The van der Waals surface area contributed by atoms with Gasteiger partial charge < -0.3 is 5.11 Å². The number of aliphatic hydroxyl groups is 1. The lowest BCUT2D eigenvalue weighted by Crippen LogP contribution is -2.44. The van der Waals surface area contributed by atoms with Gasteiger partial charge in [-0.2, -0.15) is 11.8 Å². The van der Waals surface area contributed by atoms with Crippen LogP contribution < -0.4 is 0 Å². The lowest BCUT2D eigenvalue weighted by Gasteiger charge is -2.43. The highest BCUT2D eigenvalue weighted by Crippen LogP contribution is 2.52. The first-order chi connectivity index (χ1) is 7.96. The second kappa shape index (κ2) is 4.16. The molecule has 98 valence electrons. The molecule has 0 radical (unpaired) electrons. The van der Waals surface area contributed by atoms with Gasteiger partial charge in [0, 0.05) is 5.75 Å². The highest BCUT2D eigenvalue weighted by Gasteiger charge is 2.46. The number of fused-ring (bicyclic) bond motifs is 2. The molecule has 1 heterocycles. The summed E-state index contributed by atoms with van der Waals surface area (Å²) in [5, 5.41) is 10.9. The molecule has 2 aliphatic carbocycles. The zero-order valence-electron chi connectivity index (χ0n) is 11.2. The third-order valence-electron chi connectivity index (χ3n) is 5.20. The van der Waals surface area contributed by atoms with Crippen molar-refractivity contribution in [1.82, 2.24) is 0 Å². The average Bonchev–Trinajstić information content (AvgIpc) is 2.75. The van der Waals surface area contributed by atoms with Crippen LogP contribution in [0.1, 0.15) is 52.4 Å². The van der Waals surface area contributed by atoms with Crippen LogP contribution in [0.15, 0.2) is 0 Å². The summed E-state index contributed by atoms with van der Waals surface area (Å²) in [5.74, 6) is 5.00. The third kappa shape index (κ3) is 2.53. The first-order valence-electron chi connectivity index (χ1n) is 7.26. The van der Waals surface area contributed by atoms with Crippen molar-refractivity contribution in [2.24, 2.45) is 23.2 Å². The molecule has 0 amide bonds. The summed E-state index contributed by atoms with van der Waals surface area (Å²) in [6.07, 6.45) is 7.91. The molecule has 3 fully saturated rings. The smallest absolute Gasteiger partial charge is 0.0745 e. The zero-order valence-corrected chi connectivity index (χ0v) is 12.1. The number of thioether (sulfide) groups is 1. The predicted molar refractivity (Wildman–Crippen MR) is 74.2 cm³/mol. The Hall–Kier alpha value is 0.310. The van der Waals surface area contributed by atoms with Crippen molar-refractivity contribution in [3.8, 4) is 0 Å². The number of hydrogen-bond acceptors (Lipinski definition) is 2. The van der Waals surface area contributed by atoms with E-state index in [4.69, 9.17) is 0 Å². The lowest BCUT2D eigenvalue weighted by atomic mass is 9.74. The molecular weight excluding hydrogens is 228 g/mol. The van der Waals surface area contributed by atoms with Gasteiger partial charge in [0.2, 0.25) is 0 Å². The minimum atomic E-state index is -0.360. The van der Waals surface area contributed by atoms with Crippen molar-refractivity contribution in [1.29, 1.82) is 0 Å². The molecule has 2 saturated carbocycles. The van der Waals surface area contributed by atoms with Gasteiger partial charge in [-0.25, -0.2) is 0 Å². The van der Waals surface area contributed by atoms with Gasteiger partial charge in [0.05, 0.1) is 5.60 Å². The summed E-state index contributed by atoms with van der Waals surface area (Å²) >= 11 is 1.96. The minimum Gasteiger partial charge on any atom is -0.389 e. The van der Waals surface area contributed by atoms with Crippen LogP contribution in [0.5, 0.6) is 0 Å². The Morgan fingerprint density at radius 3 is 2.59 bits per heavy atom.